The summed E-state index contributed by atoms with van der Waals surface area (Å²) in [6.45, 7) is 6.01. The predicted octanol–water partition coefficient (Wildman–Crippen LogP) is 1.21. The fourth-order valence-corrected chi connectivity index (χ4v) is 3.84. The molecule has 1 amide bonds. The van der Waals surface area contributed by atoms with Gasteiger partial charge in [-0.15, -0.1) is 0 Å². The molecule has 0 aliphatic carbocycles. The number of ether oxygens (including phenoxy) is 3. The van der Waals surface area contributed by atoms with Gasteiger partial charge in [-0.3, -0.25) is 14.5 Å². The summed E-state index contributed by atoms with van der Waals surface area (Å²) in [6.07, 6.45) is 1.30. The quantitative estimate of drug-likeness (QED) is 0.632. The molecule has 0 unspecified atom stereocenters. The zero-order valence-electron chi connectivity index (χ0n) is 18.3. The van der Waals surface area contributed by atoms with Gasteiger partial charge in [0.25, 0.3) is 5.91 Å². The standard InChI is InChI=1S/C23H29N3O6/c1-29-19-4-2-18(3-5-19)25-6-8-26(9-7-25)23(28)17-32-22-16-31-20(14-21(22)27)15-24-10-12-30-13-11-24/h2-5,14,16H,6-13,15,17H2,1H3. The van der Waals surface area contributed by atoms with Crippen molar-refractivity contribution >= 4 is 11.6 Å². The average molecular weight is 444 g/mol. The minimum absolute atomic E-state index is 0.0564. The Balaban J connectivity index is 1.24. The second-order valence-corrected chi connectivity index (χ2v) is 7.82. The number of morpholine rings is 1. The number of benzene rings is 1. The second kappa shape index (κ2) is 10.5. The van der Waals surface area contributed by atoms with Crippen LogP contribution in [-0.2, 0) is 16.1 Å². The first-order chi connectivity index (χ1) is 15.6. The van der Waals surface area contributed by atoms with Crippen molar-refractivity contribution < 1.29 is 23.4 Å². The fourth-order valence-electron chi connectivity index (χ4n) is 3.84. The number of piperazine rings is 1. The van der Waals surface area contributed by atoms with E-state index < -0.39 is 0 Å². The van der Waals surface area contributed by atoms with Crippen LogP contribution in [-0.4, -0.2) is 81.9 Å². The van der Waals surface area contributed by atoms with Crippen molar-refractivity contribution in [2.24, 2.45) is 0 Å². The highest BCUT2D eigenvalue weighted by atomic mass is 16.5. The number of carbonyl (C=O) groups is 1. The summed E-state index contributed by atoms with van der Waals surface area (Å²) in [5.41, 5.74) is 0.820. The van der Waals surface area contributed by atoms with Gasteiger partial charge < -0.3 is 28.4 Å². The van der Waals surface area contributed by atoms with Gasteiger partial charge in [0.15, 0.2) is 6.61 Å². The van der Waals surface area contributed by atoms with Crippen molar-refractivity contribution in [2.75, 3.05) is 71.1 Å². The van der Waals surface area contributed by atoms with Gasteiger partial charge in [-0.25, -0.2) is 0 Å². The van der Waals surface area contributed by atoms with E-state index in [2.05, 4.69) is 9.80 Å². The van der Waals surface area contributed by atoms with Crippen molar-refractivity contribution in [3.05, 3.63) is 52.6 Å². The van der Waals surface area contributed by atoms with Crippen LogP contribution in [0.25, 0.3) is 0 Å². The van der Waals surface area contributed by atoms with Gasteiger partial charge in [0.05, 0.1) is 26.9 Å². The molecule has 172 valence electrons. The summed E-state index contributed by atoms with van der Waals surface area (Å²) in [6, 6.07) is 9.32. The van der Waals surface area contributed by atoms with Crippen molar-refractivity contribution in [1.82, 2.24) is 9.80 Å². The number of hydrogen-bond acceptors (Lipinski definition) is 8. The minimum Gasteiger partial charge on any atom is -0.497 e. The zero-order valence-corrected chi connectivity index (χ0v) is 18.3. The molecule has 1 aromatic heterocycles. The van der Waals surface area contributed by atoms with Crippen LogP contribution in [0.5, 0.6) is 11.5 Å². The van der Waals surface area contributed by atoms with Gasteiger partial charge in [0, 0.05) is 51.0 Å². The molecule has 0 saturated carbocycles. The van der Waals surface area contributed by atoms with Crippen molar-refractivity contribution in [1.29, 1.82) is 0 Å². The third-order valence-electron chi connectivity index (χ3n) is 5.76. The van der Waals surface area contributed by atoms with Crippen molar-refractivity contribution in [3.8, 4) is 11.5 Å². The van der Waals surface area contributed by atoms with E-state index in [-0.39, 0.29) is 23.7 Å². The number of rotatable bonds is 7. The monoisotopic (exact) mass is 443 g/mol. The molecule has 2 aliphatic heterocycles. The molecule has 9 nitrogen and oxygen atoms in total. The number of nitrogens with zero attached hydrogens (tertiary/aromatic N) is 3. The molecule has 0 atom stereocenters. The van der Waals surface area contributed by atoms with Crippen LogP contribution in [0.1, 0.15) is 5.76 Å². The number of carbonyl (C=O) groups excluding carboxylic acids is 1. The van der Waals surface area contributed by atoms with E-state index in [1.165, 1.54) is 12.3 Å². The molecule has 0 radical (unpaired) electrons. The third kappa shape index (κ3) is 5.60. The summed E-state index contributed by atoms with van der Waals surface area (Å²) < 4.78 is 21.5. The van der Waals surface area contributed by atoms with Crippen LogP contribution in [0.2, 0.25) is 0 Å². The van der Waals surface area contributed by atoms with E-state index in [4.69, 9.17) is 18.6 Å². The van der Waals surface area contributed by atoms with Crippen LogP contribution >= 0.6 is 0 Å². The number of hydrogen-bond donors (Lipinski definition) is 0. The first-order valence-corrected chi connectivity index (χ1v) is 10.8. The second-order valence-electron chi connectivity index (χ2n) is 7.82. The topological polar surface area (TPSA) is 84.7 Å². The van der Waals surface area contributed by atoms with Crippen molar-refractivity contribution in [2.45, 2.75) is 6.54 Å². The maximum Gasteiger partial charge on any atom is 0.260 e. The molecule has 2 saturated heterocycles. The summed E-state index contributed by atoms with van der Waals surface area (Å²) >= 11 is 0. The first kappa shape index (κ1) is 22.2. The molecule has 0 bridgehead atoms. The molecule has 32 heavy (non-hydrogen) atoms. The highest BCUT2D eigenvalue weighted by molar-refractivity contribution is 5.78. The smallest absolute Gasteiger partial charge is 0.260 e. The Labute approximate surface area is 187 Å². The Morgan fingerprint density at radius 3 is 2.41 bits per heavy atom. The number of amides is 1. The van der Waals surface area contributed by atoms with E-state index in [9.17, 15) is 9.59 Å². The fraction of sp³-hybridized carbons (Fsp3) is 0.478. The molecule has 1 aromatic carbocycles. The summed E-state index contributed by atoms with van der Waals surface area (Å²) in [4.78, 5) is 31.1. The van der Waals surface area contributed by atoms with Crippen LogP contribution < -0.4 is 19.8 Å². The molecular weight excluding hydrogens is 414 g/mol. The van der Waals surface area contributed by atoms with Gasteiger partial charge >= 0.3 is 0 Å². The Kier molecular flexibility index (Phi) is 7.28. The molecular formula is C23H29N3O6. The lowest BCUT2D eigenvalue weighted by atomic mass is 10.2. The Hall–Kier alpha value is -3.04. The highest BCUT2D eigenvalue weighted by Crippen LogP contribution is 2.20. The van der Waals surface area contributed by atoms with Crippen LogP contribution in [0.15, 0.2) is 45.8 Å². The number of anilines is 1. The lowest BCUT2D eigenvalue weighted by molar-refractivity contribution is -0.133. The van der Waals surface area contributed by atoms with Gasteiger partial charge in [-0.1, -0.05) is 0 Å². The molecule has 0 spiro atoms. The summed E-state index contributed by atoms with van der Waals surface area (Å²) in [5.74, 6) is 1.31. The highest BCUT2D eigenvalue weighted by Gasteiger charge is 2.22. The molecule has 4 rings (SSSR count). The van der Waals surface area contributed by atoms with Gasteiger partial charge in [-0.2, -0.15) is 0 Å². The molecule has 3 heterocycles. The maximum absolute atomic E-state index is 12.6. The number of methoxy groups -OCH3 is 1. The first-order valence-electron chi connectivity index (χ1n) is 10.8. The molecule has 9 heteroatoms. The van der Waals surface area contributed by atoms with Crippen molar-refractivity contribution in [3.63, 3.8) is 0 Å². The third-order valence-corrected chi connectivity index (χ3v) is 5.76. The normalized spacial score (nSPS) is 17.3. The molecule has 2 aliphatic rings. The zero-order chi connectivity index (χ0) is 22.3. The van der Waals surface area contributed by atoms with Gasteiger partial charge in [0.1, 0.15) is 17.8 Å². The lowest BCUT2D eigenvalue weighted by Crippen LogP contribution is -2.50. The van der Waals surface area contributed by atoms with E-state index in [1.807, 2.05) is 24.3 Å². The summed E-state index contributed by atoms with van der Waals surface area (Å²) in [7, 11) is 1.64. The van der Waals surface area contributed by atoms with Gasteiger partial charge in [-0.05, 0) is 24.3 Å². The molecule has 2 fully saturated rings. The summed E-state index contributed by atoms with van der Waals surface area (Å²) in [5, 5.41) is 0. The van der Waals surface area contributed by atoms with Gasteiger partial charge in [0.2, 0.25) is 11.2 Å². The average Bonchev–Trinajstić information content (AvgIpc) is 2.84. The Morgan fingerprint density at radius 1 is 1.03 bits per heavy atom. The molecule has 2 aromatic rings. The van der Waals surface area contributed by atoms with E-state index in [0.29, 0.717) is 38.6 Å². The van der Waals surface area contributed by atoms with E-state index in [1.54, 1.807) is 12.0 Å². The Morgan fingerprint density at radius 2 is 1.75 bits per heavy atom. The van der Waals surface area contributed by atoms with Crippen LogP contribution in [0, 0.1) is 0 Å². The SMILES string of the molecule is COc1ccc(N2CCN(C(=O)COc3coc(CN4CCOCC4)cc3=O)CC2)cc1. The Bertz CT molecular complexity index is 947. The van der Waals surface area contributed by atoms with Crippen LogP contribution in [0.4, 0.5) is 5.69 Å². The van der Waals surface area contributed by atoms with E-state index >= 15 is 0 Å². The predicted molar refractivity (Wildman–Crippen MR) is 118 cm³/mol. The van der Waals surface area contributed by atoms with Crippen LogP contribution in [0.3, 0.4) is 0 Å². The largest absolute Gasteiger partial charge is 0.497 e. The maximum atomic E-state index is 12.6. The molecule has 0 N–H and O–H groups in total. The lowest BCUT2D eigenvalue weighted by Gasteiger charge is -2.36. The van der Waals surface area contributed by atoms with E-state index in [0.717, 1.165) is 37.6 Å². The minimum atomic E-state index is -0.281.